The quantitative estimate of drug-likeness (QED) is 0.170. The molecule has 1 aliphatic carbocycles. The molecule has 3 aromatic carbocycles. The Morgan fingerprint density at radius 3 is 2.41 bits per heavy atom. The van der Waals surface area contributed by atoms with Crippen molar-refractivity contribution in [1.29, 1.82) is 0 Å². The van der Waals surface area contributed by atoms with E-state index in [0.29, 0.717) is 6.54 Å². The first kappa shape index (κ1) is 25.7. The molecule has 0 saturated heterocycles. The molecule has 1 aliphatic rings. The zero-order valence-corrected chi connectivity index (χ0v) is 21.0. The Morgan fingerprint density at radius 2 is 1.68 bits per heavy atom. The van der Waals surface area contributed by atoms with Crippen LogP contribution in [0.25, 0.3) is 0 Å². The Balaban J connectivity index is 1.52. The van der Waals surface area contributed by atoms with Gasteiger partial charge in [0.1, 0.15) is 11.5 Å². The molecule has 0 fully saturated rings. The summed E-state index contributed by atoms with van der Waals surface area (Å²) in [7, 11) is 0. The first-order valence-electron chi connectivity index (χ1n) is 12.7. The molecule has 4 rings (SSSR count). The van der Waals surface area contributed by atoms with Gasteiger partial charge in [-0.1, -0.05) is 55.1 Å². The van der Waals surface area contributed by atoms with E-state index >= 15 is 0 Å². The number of aryl methyl sites for hydroxylation is 1. The van der Waals surface area contributed by atoms with E-state index < -0.39 is 0 Å². The standard InChI is InChI=1S/C32H33N3O2/c1-2-31(36)33-22-10-11-25-18-20-30(21-19-25)37-32-26(23-34-28-14-5-3-6-15-28)12-9-13-27(32)24-35-29-16-7-4-8-17-29/h2-8,14-21,23-24,34H,1,9-13,22H2,(H,33,36)/b26-23+,35-24?. The lowest BCUT2D eigenvalue weighted by Crippen LogP contribution is -2.22. The lowest BCUT2D eigenvalue weighted by Gasteiger charge is -2.22. The number of amides is 1. The van der Waals surface area contributed by atoms with E-state index in [1.165, 1.54) is 11.6 Å². The molecule has 0 radical (unpaired) electrons. The zero-order chi connectivity index (χ0) is 25.7. The van der Waals surface area contributed by atoms with E-state index in [1.54, 1.807) is 0 Å². The van der Waals surface area contributed by atoms with Crippen molar-refractivity contribution in [2.75, 3.05) is 11.9 Å². The van der Waals surface area contributed by atoms with Crippen molar-refractivity contribution in [1.82, 2.24) is 5.32 Å². The maximum absolute atomic E-state index is 11.3. The molecule has 0 aromatic heterocycles. The Morgan fingerprint density at radius 1 is 0.946 bits per heavy atom. The van der Waals surface area contributed by atoms with Crippen LogP contribution in [0.3, 0.4) is 0 Å². The van der Waals surface area contributed by atoms with Gasteiger partial charge in [0.15, 0.2) is 0 Å². The molecule has 0 atom stereocenters. The summed E-state index contributed by atoms with van der Waals surface area (Å²) in [5, 5.41) is 6.23. The third-order valence-corrected chi connectivity index (χ3v) is 6.06. The molecule has 37 heavy (non-hydrogen) atoms. The number of rotatable bonds is 11. The number of carbonyl (C=O) groups is 1. The number of para-hydroxylation sites is 2. The fourth-order valence-corrected chi connectivity index (χ4v) is 4.08. The predicted molar refractivity (Wildman–Crippen MR) is 152 cm³/mol. The van der Waals surface area contributed by atoms with Gasteiger partial charge in [0.25, 0.3) is 0 Å². The summed E-state index contributed by atoms with van der Waals surface area (Å²) in [6.07, 6.45) is 9.88. The van der Waals surface area contributed by atoms with Crippen LogP contribution in [0.1, 0.15) is 31.2 Å². The van der Waals surface area contributed by atoms with Gasteiger partial charge in [0.05, 0.1) is 5.69 Å². The summed E-state index contributed by atoms with van der Waals surface area (Å²) in [6, 6.07) is 28.3. The Kier molecular flexibility index (Phi) is 9.48. The SMILES string of the molecule is C=CC(=O)NCCCc1ccc(OC2=C(C=Nc3ccccc3)CCC/C2=C\Nc2ccccc2)cc1. The van der Waals surface area contributed by atoms with Crippen LogP contribution in [-0.4, -0.2) is 18.7 Å². The number of allylic oxidation sites excluding steroid dienone is 2. The van der Waals surface area contributed by atoms with Gasteiger partial charge >= 0.3 is 0 Å². The topological polar surface area (TPSA) is 62.7 Å². The third-order valence-electron chi connectivity index (χ3n) is 6.06. The number of carbonyl (C=O) groups excluding carboxylic acids is 1. The highest BCUT2D eigenvalue weighted by molar-refractivity contribution is 5.86. The largest absolute Gasteiger partial charge is 0.457 e. The van der Waals surface area contributed by atoms with Crippen molar-refractivity contribution in [3.63, 3.8) is 0 Å². The van der Waals surface area contributed by atoms with Gasteiger partial charge in [-0.15, -0.1) is 0 Å². The minimum Gasteiger partial charge on any atom is -0.457 e. The van der Waals surface area contributed by atoms with Crippen LogP contribution in [0.2, 0.25) is 0 Å². The fourth-order valence-electron chi connectivity index (χ4n) is 4.08. The van der Waals surface area contributed by atoms with Crippen LogP contribution in [0.4, 0.5) is 11.4 Å². The van der Waals surface area contributed by atoms with Crippen LogP contribution in [0, 0.1) is 0 Å². The number of hydrogen-bond acceptors (Lipinski definition) is 4. The maximum Gasteiger partial charge on any atom is 0.243 e. The minimum absolute atomic E-state index is 0.137. The van der Waals surface area contributed by atoms with Crippen molar-refractivity contribution >= 4 is 23.5 Å². The molecule has 2 N–H and O–H groups in total. The second-order valence-electron chi connectivity index (χ2n) is 8.83. The van der Waals surface area contributed by atoms with E-state index in [4.69, 9.17) is 9.73 Å². The summed E-state index contributed by atoms with van der Waals surface area (Å²) >= 11 is 0. The van der Waals surface area contributed by atoms with E-state index in [9.17, 15) is 4.79 Å². The number of nitrogens with zero attached hydrogens (tertiary/aromatic N) is 1. The highest BCUT2D eigenvalue weighted by Crippen LogP contribution is 2.32. The number of aliphatic imine (C=N–C) groups is 1. The summed E-state index contributed by atoms with van der Waals surface area (Å²) in [5.74, 6) is 1.51. The summed E-state index contributed by atoms with van der Waals surface area (Å²) < 4.78 is 6.50. The molecule has 0 aliphatic heterocycles. The molecule has 1 amide bonds. The molecular formula is C32H33N3O2. The van der Waals surface area contributed by atoms with E-state index in [0.717, 1.165) is 66.1 Å². The highest BCUT2D eigenvalue weighted by atomic mass is 16.5. The average Bonchev–Trinajstić information content (AvgIpc) is 2.95. The smallest absolute Gasteiger partial charge is 0.243 e. The Bertz CT molecular complexity index is 1260. The van der Waals surface area contributed by atoms with Crippen molar-refractivity contribution in [3.05, 3.63) is 126 Å². The lowest BCUT2D eigenvalue weighted by atomic mass is 9.94. The number of anilines is 1. The van der Waals surface area contributed by atoms with Crippen molar-refractivity contribution in [2.24, 2.45) is 4.99 Å². The molecule has 0 heterocycles. The number of hydrogen-bond donors (Lipinski definition) is 2. The van der Waals surface area contributed by atoms with Crippen LogP contribution in [0.5, 0.6) is 5.75 Å². The van der Waals surface area contributed by atoms with Gasteiger partial charge in [-0.25, -0.2) is 0 Å². The number of ether oxygens (including phenoxy) is 1. The van der Waals surface area contributed by atoms with Gasteiger partial charge in [0, 0.05) is 35.8 Å². The molecule has 5 nitrogen and oxygen atoms in total. The molecule has 0 spiro atoms. The molecule has 0 unspecified atom stereocenters. The van der Waals surface area contributed by atoms with Crippen molar-refractivity contribution < 1.29 is 9.53 Å². The normalized spacial score (nSPS) is 14.5. The van der Waals surface area contributed by atoms with Gasteiger partial charge < -0.3 is 15.4 Å². The summed E-state index contributed by atoms with van der Waals surface area (Å²) in [5.41, 5.74) is 5.35. The predicted octanol–water partition coefficient (Wildman–Crippen LogP) is 7.14. The van der Waals surface area contributed by atoms with Crippen LogP contribution in [0.15, 0.2) is 126 Å². The Labute approximate surface area is 219 Å². The fraction of sp³-hybridized carbons (Fsp3) is 0.188. The molecular weight excluding hydrogens is 458 g/mol. The van der Waals surface area contributed by atoms with Crippen molar-refractivity contribution in [3.8, 4) is 5.75 Å². The first-order chi connectivity index (χ1) is 18.2. The van der Waals surface area contributed by atoms with Gasteiger partial charge in [-0.3, -0.25) is 9.79 Å². The molecule has 188 valence electrons. The van der Waals surface area contributed by atoms with E-state index in [-0.39, 0.29) is 5.91 Å². The third kappa shape index (κ3) is 8.07. The first-order valence-corrected chi connectivity index (χ1v) is 12.7. The number of benzene rings is 3. The second kappa shape index (κ2) is 13.6. The molecule has 0 saturated carbocycles. The van der Waals surface area contributed by atoms with Gasteiger partial charge in [0.2, 0.25) is 5.91 Å². The lowest BCUT2D eigenvalue weighted by molar-refractivity contribution is -0.116. The van der Waals surface area contributed by atoms with Crippen LogP contribution >= 0.6 is 0 Å². The Hall–Kier alpha value is -4.38. The number of nitrogens with one attached hydrogen (secondary N) is 2. The van der Waals surface area contributed by atoms with Crippen LogP contribution < -0.4 is 15.4 Å². The molecule has 3 aromatic rings. The molecule has 5 heteroatoms. The zero-order valence-electron chi connectivity index (χ0n) is 21.0. The van der Waals surface area contributed by atoms with Gasteiger partial charge in [-0.05, 0) is 80.1 Å². The summed E-state index contributed by atoms with van der Waals surface area (Å²) in [4.78, 5) is 16.0. The highest BCUT2D eigenvalue weighted by Gasteiger charge is 2.19. The second-order valence-corrected chi connectivity index (χ2v) is 8.83. The van der Waals surface area contributed by atoms with E-state index in [2.05, 4.69) is 29.3 Å². The monoisotopic (exact) mass is 491 g/mol. The van der Waals surface area contributed by atoms with Crippen LogP contribution in [-0.2, 0) is 11.2 Å². The molecule has 0 bridgehead atoms. The minimum atomic E-state index is -0.137. The average molecular weight is 492 g/mol. The summed E-state index contributed by atoms with van der Waals surface area (Å²) in [6.45, 7) is 4.10. The maximum atomic E-state index is 11.3. The van der Waals surface area contributed by atoms with Crippen molar-refractivity contribution in [2.45, 2.75) is 32.1 Å². The van der Waals surface area contributed by atoms with E-state index in [1.807, 2.05) is 85.2 Å². The van der Waals surface area contributed by atoms with Gasteiger partial charge in [-0.2, -0.15) is 0 Å².